The lowest BCUT2D eigenvalue weighted by atomic mass is 10.3. The second kappa shape index (κ2) is 6.73. The number of benzene rings is 1. The minimum atomic E-state index is -3.93. The summed E-state index contributed by atoms with van der Waals surface area (Å²) in [4.78, 5) is 11.6. The third-order valence-corrected chi connectivity index (χ3v) is 4.60. The molecule has 0 fully saturated rings. The summed E-state index contributed by atoms with van der Waals surface area (Å²) in [6.07, 6.45) is 4.00. The van der Waals surface area contributed by atoms with Gasteiger partial charge in [-0.15, -0.1) is 0 Å². The van der Waals surface area contributed by atoms with Gasteiger partial charge in [-0.1, -0.05) is 23.7 Å². The van der Waals surface area contributed by atoms with Gasteiger partial charge >= 0.3 is 0 Å². The van der Waals surface area contributed by atoms with Crippen LogP contribution in [-0.2, 0) is 21.4 Å². The van der Waals surface area contributed by atoms with E-state index in [0.717, 1.165) is 0 Å². The van der Waals surface area contributed by atoms with Gasteiger partial charge in [-0.3, -0.25) is 9.48 Å². The van der Waals surface area contributed by atoms with Crippen molar-refractivity contribution in [3.05, 3.63) is 47.7 Å². The van der Waals surface area contributed by atoms with Gasteiger partial charge in [0.05, 0.1) is 5.02 Å². The Hall–Kier alpha value is -1.86. The number of halogens is 1. The van der Waals surface area contributed by atoms with Crippen LogP contribution in [-0.4, -0.2) is 24.1 Å². The zero-order valence-corrected chi connectivity index (χ0v) is 12.6. The maximum absolute atomic E-state index is 12.0. The molecule has 0 unspecified atom stereocenters. The number of nitrogens with one attached hydrogen (secondary N) is 1. The number of sulfonamides is 1. The van der Waals surface area contributed by atoms with Crippen molar-refractivity contribution in [2.45, 2.75) is 24.3 Å². The molecule has 0 saturated carbocycles. The highest BCUT2D eigenvalue weighted by Crippen LogP contribution is 2.20. The molecule has 2 aromatic rings. The van der Waals surface area contributed by atoms with Crippen LogP contribution in [0.5, 0.6) is 0 Å². The second-order valence-electron chi connectivity index (χ2n) is 4.33. The lowest BCUT2D eigenvalue weighted by Gasteiger charge is -2.08. The summed E-state index contributed by atoms with van der Waals surface area (Å²) in [5.41, 5.74) is 0. The van der Waals surface area contributed by atoms with E-state index in [1.165, 1.54) is 12.1 Å². The molecule has 2 rings (SSSR count). The Balaban J connectivity index is 1.91. The lowest BCUT2D eigenvalue weighted by Crippen LogP contribution is -2.30. The number of hydrogen-bond donors (Lipinski definition) is 1. The molecule has 0 radical (unpaired) electrons. The van der Waals surface area contributed by atoms with E-state index in [1.54, 1.807) is 35.3 Å². The van der Waals surface area contributed by atoms with E-state index in [0.29, 0.717) is 13.0 Å². The van der Waals surface area contributed by atoms with Gasteiger partial charge in [0.25, 0.3) is 10.0 Å². The van der Waals surface area contributed by atoms with E-state index in [2.05, 4.69) is 5.10 Å². The molecule has 6 nitrogen and oxygen atoms in total. The van der Waals surface area contributed by atoms with Crippen molar-refractivity contribution in [1.82, 2.24) is 14.5 Å². The molecule has 0 aliphatic heterocycles. The van der Waals surface area contributed by atoms with Gasteiger partial charge in [-0.2, -0.15) is 5.10 Å². The van der Waals surface area contributed by atoms with Gasteiger partial charge in [0.1, 0.15) is 4.90 Å². The molecule has 0 aliphatic carbocycles. The fourth-order valence-electron chi connectivity index (χ4n) is 1.75. The average molecular weight is 328 g/mol. The summed E-state index contributed by atoms with van der Waals surface area (Å²) < 4.78 is 27.7. The first-order valence-corrected chi connectivity index (χ1v) is 8.13. The number of carbonyl (C=O) groups excluding carboxylic acids is 1. The zero-order chi connectivity index (χ0) is 15.3. The molecule has 0 bridgehead atoms. The summed E-state index contributed by atoms with van der Waals surface area (Å²) in [5.74, 6) is -0.568. The molecule has 0 saturated heterocycles. The maximum atomic E-state index is 12.0. The van der Waals surface area contributed by atoms with E-state index in [1.807, 2.05) is 4.72 Å². The molecule has 1 heterocycles. The molecule has 1 N–H and O–H groups in total. The van der Waals surface area contributed by atoms with Crippen molar-refractivity contribution in [2.24, 2.45) is 0 Å². The van der Waals surface area contributed by atoms with Crippen LogP contribution in [0.2, 0.25) is 5.02 Å². The molecule has 1 aromatic carbocycles. The predicted octanol–water partition coefficient (Wildman–Crippen LogP) is 1.82. The van der Waals surface area contributed by atoms with Crippen LogP contribution in [0.1, 0.15) is 12.8 Å². The standard InChI is InChI=1S/C13H14ClN3O3S/c14-11-5-1-2-6-12(11)21(19,20)16-13(18)7-3-9-17-10-4-8-15-17/h1-2,4-6,8,10H,3,7,9H2,(H,16,18). The minimum absolute atomic E-state index is 0.0781. The van der Waals surface area contributed by atoms with Crippen LogP contribution in [0.3, 0.4) is 0 Å². The SMILES string of the molecule is O=C(CCCn1cccn1)NS(=O)(=O)c1ccccc1Cl. The molecular formula is C13H14ClN3O3S. The Kier molecular flexibility index (Phi) is 4.98. The van der Waals surface area contributed by atoms with Crippen LogP contribution in [0.25, 0.3) is 0 Å². The Labute approximate surface area is 127 Å². The summed E-state index contributed by atoms with van der Waals surface area (Å²) in [5, 5.41) is 4.07. The Morgan fingerprint density at radius 2 is 2.05 bits per heavy atom. The number of aryl methyl sites for hydroxylation is 1. The fraction of sp³-hybridized carbons (Fsp3) is 0.231. The van der Waals surface area contributed by atoms with Crippen LogP contribution < -0.4 is 4.72 Å². The summed E-state index contributed by atoms with van der Waals surface area (Å²) >= 11 is 5.82. The maximum Gasteiger partial charge on any atom is 0.265 e. The van der Waals surface area contributed by atoms with Gasteiger partial charge < -0.3 is 0 Å². The first-order valence-electron chi connectivity index (χ1n) is 6.26. The normalized spacial score (nSPS) is 11.3. The third kappa shape index (κ3) is 4.30. The Morgan fingerprint density at radius 3 is 2.71 bits per heavy atom. The molecular weight excluding hydrogens is 314 g/mol. The number of amides is 1. The van der Waals surface area contributed by atoms with E-state index < -0.39 is 15.9 Å². The summed E-state index contributed by atoms with van der Waals surface area (Å²) in [7, 11) is -3.93. The van der Waals surface area contributed by atoms with Gasteiger partial charge in [0, 0.05) is 25.4 Å². The average Bonchev–Trinajstić information content (AvgIpc) is 2.91. The van der Waals surface area contributed by atoms with Crippen molar-refractivity contribution in [1.29, 1.82) is 0 Å². The predicted molar refractivity (Wildman–Crippen MR) is 78.2 cm³/mol. The summed E-state index contributed by atoms with van der Waals surface area (Å²) in [6.45, 7) is 0.548. The highest BCUT2D eigenvalue weighted by Gasteiger charge is 2.19. The van der Waals surface area contributed by atoms with Crippen LogP contribution in [0, 0.1) is 0 Å². The van der Waals surface area contributed by atoms with Gasteiger partial charge in [0.15, 0.2) is 0 Å². The smallest absolute Gasteiger partial charge is 0.265 e. The quantitative estimate of drug-likeness (QED) is 0.877. The van der Waals surface area contributed by atoms with E-state index in [9.17, 15) is 13.2 Å². The van der Waals surface area contributed by atoms with Crippen LogP contribution in [0.4, 0.5) is 0 Å². The monoisotopic (exact) mass is 327 g/mol. The number of aromatic nitrogens is 2. The molecule has 0 aliphatic rings. The molecule has 1 aromatic heterocycles. The van der Waals surface area contributed by atoms with Crippen LogP contribution >= 0.6 is 11.6 Å². The highest BCUT2D eigenvalue weighted by molar-refractivity contribution is 7.90. The molecule has 8 heteroatoms. The molecule has 0 spiro atoms. The number of carbonyl (C=O) groups is 1. The zero-order valence-electron chi connectivity index (χ0n) is 11.1. The first kappa shape index (κ1) is 15.5. The largest absolute Gasteiger partial charge is 0.274 e. The summed E-state index contributed by atoms with van der Waals surface area (Å²) in [6, 6.07) is 7.75. The van der Waals surface area contributed by atoms with Gasteiger partial charge in [0.2, 0.25) is 5.91 Å². The minimum Gasteiger partial charge on any atom is -0.274 e. The third-order valence-electron chi connectivity index (χ3n) is 2.72. The van der Waals surface area contributed by atoms with E-state index in [-0.39, 0.29) is 16.3 Å². The first-order chi connectivity index (χ1) is 9.99. The molecule has 0 atom stereocenters. The topological polar surface area (TPSA) is 81.1 Å². The van der Waals surface area contributed by atoms with Gasteiger partial charge in [-0.05, 0) is 24.6 Å². The van der Waals surface area contributed by atoms with E-state index >= 15 is 0 Å². The molecule has 21 heavy (non-hydrogen) atoms. The van der Waals surface area contributed by atoms with Crippen molar-refractivity contribution in [2.75, 3.05) is 0 Å². The van der Waals surface area contributed by atoms with Crippen molar-refractivity contribution < 1.29 is 13.2 Å². The van der Waals surface area contributed by atoms with E-state index in [4.69, 9.17) is 11.6 Å². The van der Waals surface area contributed by atoms with Gasteiger partial charge in [-0.25, -0.2) is 13.1 Å². The van der Waals surface area contributed by atoms with Crippen LogP contribution in [0.15, 0.2) is 47.6 Å². The van der Waals surface area contributed by atoms with Crippen molar-refractivity contribution in [3.8, 4) is 0 Å². The fourth-order valence-corrected chi connectivity index (χ4v) is 3.29. The Morgan fingerprint density at radius 1 is 1.29 bits per heavy atom. The second-order valence-corrected chi connectivity index (χ2v) is 6.39. The highest BCUT2D eigenvalue weighted by atomic mass is 35.5. The van der Waals surface area contributed by atoms with Crippen molar-refractivity contribution >= 4 is 27.5 Å². The molecule has 1 amide bonds. The molecule has 112 valence electrons. The number of rotatable bonds is 6. The lowest BCUT2D eigenvalue weighted by molar-refractivity contribution is -0.119. The van der Waals surface area contributed by atoms with Crippen molar-refractivity contribution in [3.63, 3.8) is 0 Å². The number of nitrogens with zero attached hydrogens (tertiary/aromatic N) is 2. The Bertz CT molecular complexity index is 714. The number of hydrogen-bond acceptors (Lipinski definition) is 4.